The van der Waals surface area contributed by atoms with E-state index in [1.807, 2.05) is 0 Å². The summed E-state index contributed by atoms with van der Waals surface area (Å²) >= 11 is 0. The maximum Gasteiger partial charge on any atom is 1.00 e. The maximum atomic E-state index is 10.3. The molecule has 0 aliphatic carbocycles. The number of aromatic carboxylic acids is 2. The van der Waals surface area contributed by atoms with Gasteiger partial charge in [-0.15, -0.1) is 0 Å². The Morgan fingerprint density at radius 3 is 1.25 bits per heavy atom. The summed E-state index contributed by atoms with van der Waals surface area (Å²) in [7, 11) is 0. The molecule has 1 aromatic rings. The molecule has 0 unspecified atom stereocenters. The Bertz CT molecular complexity index is 309. The number of hydrogen-bond acceptors (Lipinski definition) is 5. The van der Waals surface area contributed by atoms with Crippen molar-refractivity contribution >= 4 is 11.9 Å². The molecule has 0 bridgehead atoms. The van der Waals surface area contributed by atoms with Crippen LogP contribution in [0.2, 0.25) is 0 Å². The molecule has 1 N–H and O–H groups in total. The van der Waals surface area contributed by atoms with Crippen molar-refractivity contribution in [2.75, 3.05) is 0 Å². The van der Waals surface area contributed by atoms with Crippen LogP contribution < -0.4 is 164 Å². The molecule has 1 aromatic carbocycles. The minimum atomic E-state index is -1.52. The molecule has 0 radical (unpaired) electrons. The van der Waals surface area contributed by atoms with Crippen molar-refractivity contribution in [1.29, 1.82) is 0 Å². The zero-order valence-electron chi connectivity index (χ0n) is 9.39. The Labute approximate surface area is 220 Å². The molecule has 70 valence electrons. The van der Waals surface area contributed by atoms with E-state index in [4.69, 9.17) is 0 Å². The molecular weight excluding hydrogens is 293 g/mol. The van der Waals surface area contributed by atoms with Crippen LogP contribution in [0.25, 0.3) is 0 Å². The molecule has 0 saturated carbocycles. The third kappa shape index (κ3) is 9.02. The first-order valence-corrected chi connectivity index (χ1v) is 3.14. The number of carbonyl (C=O) groups excluding carboxylic acids is 2. The number of benzene rings is 1. The van der Waals surface area contributed by atoms with Crippen LogP contribution in [0.4, 0.5) is 0 Å². The van der Waals surface area contributed by atoms with Crippen molar-refractivity contribution in [3.63, 3.8) is 0 Å². The Hall–Kier alpha value is 3.03. The number of carbonyl (C=O) groups is 2. The smallest absolute Gasteiger partial charge is 0.870 e. The van der Waals surface area contributed by atoms with Gasteiger partial charge in [0.2, 0.25) is 0 Å². The maximum absolute atomic E-state index is 10.3. The van der Waals surface area contributed by atoms with E-state index in [2.05, 4.69) is 0 Å². The van der Waals surface area contributed by atoms with E-state index >= 15 is 0 Å². The second kappa shape index (κ2) is 14.4. The topological polar surface area (TPSA) is 110 Å². The minimum Gasteiger partial charge on any atom is -0.870 e. The van der Waals surface area contributed by atoms with Gasteiger partial charge in [0.05, 0.1) is 11.9 Å². The SMILES string of the molecule is O=C([O-])c1ccccc1C(=O)[O-].[K+].[K+].[K+].[OH-]. The third-order valence-corrected chi connectivity index (χ3v) is 1.37. The van der Waals surface area contributed by atoms with Crippen molar-refractivity contribution in [1.82, 2.24) is 0 Å². The predicted octanol–water partition coefficient (Wildman–Crippen LogP) is -10.8. The zero-order valence-corrected chi connectivity index (χ0v) is 18.8. The van der Waals surface area contributed by atoms with Crippen molar-refractivity contribution in [3.8, 4) is 0 Å². The zero-order chi connectivity index (χ0) is 9.14. The number of rotatable bonds is 2. The molecule has 0 atom stereocenters. The molecular formula is C8H5K3O5. The van der Waals surface area contributed by atoms with Crippen molar-refractivity contribution < 1.29 is 179 Å². The Balaban J connectivity index is -0.000000180. The Kier molecular flexibility index (Phi) is 24.7. The van der Waals surface area contributed by atoms with E-state index < -0.39 is 11.9 Å². The normalized spacial score (nSPS) is 7.00. The van der Waals surface area contributed by atoms with Crippen LogP contribution in [-0.2, 0) is 0 Å². The first-order valence-electron chi connectivity index (χ1n) is 3.14. The summed E-state index contributed by atoms with van der Waals surface area (Å²) in [5.41, 5.74) is -0.727. The first-order chi connectivity index (χ1) is 5.63. The van der Waals surface area contributed by atoms with Crippen molar-refractivity contribution in [3.05, 3.63) is 35.4 Å². The van der Waals surface area contributed by atoms with Gasteiger partial charge in [0.15, 0.2) is 0 Å². The van der Waals surface area contributed by atoms with E-state index in [1.54, 1.807) is 0 Å². The molecule has 1 rings (SSSR count). The average molecular weight is 298 g/mol. The van der Waals surface area contributed by atoms with Gasteiger partial charge < -0.3 is 25.3 Å². The van der Waals surface area contributed by atoms with Gasteiger partial charge in [-0.1, -0.05) is 24.3 Å². The molecule has 0 aromatic heterocycles. The van der Waals surface area contributed by atoms with E-state index in [1.165, 1.54) is 12.1 Å². The van der Waals surface area contributed by atoms with Gasteiger partial charge in [0.25, 0.3) is 0 Å². The van der Waals surface area contributed by atoms with Gasteiger partial charge in [0.1, 0.15) is 0 Å². The molecule has 0 spiro atoms. The molecule has 0 aliphatic heterocycles. The summed E-state index contributed by atoms with van der Waals surface area (Å²) in [5, 5.41) is 20.6. The van der Waals surface area contributed by atoms with Crippen LogP contribution >= 0.6 is 0 Å². The number of carboxylic acid groups (broad SMARTS) is 2. The summed E-state index contributed by atoms with van der Waals surface area (Å²) < 4.78 is 0. The summed E-state index contributed by atoms with van der Waals surface area (Å²) in [4.78, 5) is 20.6. The average Bonchev–Trinajstić information content (AvgIpc) is 2.04. The predicted molar refractivity (Wildman–Crippen MR) is 37.0 cm³/mol. The molecule has 0 heterocycles. The molecule has 5 nitrogen and oxygen atoms in total. The molecule has 0 saturated heterocycles. The standard InChI is InChI=1S/C8H6O4.3K.H2O/c9-7(10)5-3-1-2-4-6(5)8(11)12;;;;/h1-4H,(H,9,10)(H,11,12);;;;1H2/q;3*+1;/p-3. The fourth-order valence-electron chi connectivity index (χ4n) is 0.839. The summed E-state index contributed by atoms with van der Waals surface area (Å²) in [6.45, 7) is 0. The number of hydrogen-bond donors (Lipinski definition) is 0. The van der Waals surface area contributed by atoms with Gasteiger partial charge in [0, 0.05) is 11.1 Å². The van der Waals surface area contributed by atoms with Crippen LogP contribution in [0, 0.1) is 0 Å². The van der Waals surface area contributed by atoms with E-state index in [9.17, 15) is 19.8 Å². The van der Waals surface area contributed by atoms with Crippen LogP contribution in [0.3, 0.4) is 0 Å². The van der Waals surface area contributed by atoms with Gasteiger partial charge in [-0.25, -0.2) is 0 Å². The monoisotopic (exact) mass is 298 g/mol. The van der Waals surface area contributed by atoms with Crippen LogP contribution in [0.5, 0.6) is 0 Å². The molecule has 8 heteroatoms. The Morgan fingerprint density at radius 2 is 1.06 bits per heavy atom. The largest absolute Gasteiger partial charge is 1.00 e. The van der Waals surface area contributed by atoms with Gasteiger partial charge in [-0.3, -0.25) is 0 Å². The molecule has 0 fully saturated rings. The van der Waals surface area contributed by atoms with Gasteiger partial charge >= 0.3 is 154 Å². The fourth-order valence-corrected chi connectivity index (χ4v) is 0.839. The summed E-state index contributed by atoms with van der Waals surface area (Å²) in [6, 6.07) is 5.14. The minimum absolute atomic E-state index is 0. The van der Waals surface area contributed by atoms with E-state index in [0.29, 0.717) is 0 Å². The van der Waals surface area contributed by atoms with Gasteiger partial charge in [-0.05, 0) is 0 Å². The van der Waals surface area contributed by atoms with Crippen molar-refractivity contribution in [2.45, 2.75) is 0 Å². The fraction of sp³-hybridized carbons (Fsp3) is 0. The third-order valence-electron chi connectivity index (χ3n) is 1.37. The second-order valence-electron chi connectivity index (χ2n) is 2.12. The van der Waals surface area contributed by atoms with Crippen LogP contribution in [0.1, 0.15) is 20.7 Å². The van der Waals surface area contributed by atoms with Crippen LogP contribution in [0.15, 0.2) is 24.3 Å². The van der Waals surface area contributed by atoms with E-state index in [-0.39, 0.29) is 171 Å². The molecule has 0 amide bonds. The first kappa shape index (κ1) is 27.4. The number of carboxylic acids is 2. The quantitative estimate of drug-likeness (QED) is 0.504. The molecule has 16 heavy (non-hydrogen) atoms. The van der Waals surface area contributed by atoms with Crippen LogP contribution in [-0.4, -0.2) is 17.4 Å². The van der Waals surface area contributed by atoms with E-state index in [0.717, 1.165) is 12.1 Å². The summed E-state index contributed by atoms with van der Waals surface area (Å²) in [5.74, 6) is -3.04. The molecule has 0 aliphatic rings. The Morgan fingerprint density at radius 1 is 0.812 bits per heavy atom. The van der Waals surface area contributed by atoms with Crippen molar-refractivity contribution in [2.24, 2.45) is 0 Å². The summed E-state index contributed by atoms with van der Waals surface area (Å²) in [6.07, 6.45) is 0. The second-order valence-corrected chi connectivity index (χ2v) is 2.12. The van der Waals surface area contributed by atoms with Gasteiger partial charge in [-0.2, -0.15) is 0 Å².